The van der Waals surface area contributed by atoms with Crippen LogP contribution in [0, 0.1) is 13.8 Å². The van der Waals surface area contributed by atoms with Crippen molar-refractivity contribution in [3.63, 3.8) is 0 Å². The van der Waals surface area contributed by atoms with Gasteiger partial charge in [-0.1, -0.05) is 42.0 Å². The first-order valence-electron chi connectivity index (χ1n) is 7.62. The maximum absolute atomic E-state index is 12.2. The molecule has 0 aromatic heterocycles. The first kappa shape index (κ1) is 18.1. The first-order valence-corrected chi connectivity index (χ1v) is 8.78. The van der Waals surface area contributed by atoms with Crippen molar-refractivity contribution in [2.24, 2.45) is 0 Å². The molecule has 2 aromatic rings. The van der Waals surface area contributed by atoms with E-state index in [0.717, 1.165) is 11.3 Å². The molecule has 0 aliphatic heterocycles. The third-order valence-electron chi connectivity index (χ3n) is 3.57. The highest BCUT2D eigenvalue weighted by atomic mass is 32.2. The van der Waals surface area contributed by atoms with Crippen LogP contribution in [0.1, 0.15) is 27.0 Å². The van der Waals surface area contributed by atoms with E-state index in [4.69, 9.17) is 4.74 Å². The molecule has 126 valence electrons. The van der Waals surface area contributed by atoms with Crippen molar-refractivity contribution >= 4 is 29.3 Å². The van der Waals surface area contributed by atoms with Crippen LogP contribution < -0.4 is 5.32 Å². The van der Waals surface area contributed by atoms with E-state index in [9.17, 15) is 9.59 Å². The number of benzene rings is 2. The Balaban J connectivity index is 1.95. The topological polar surface area (TPSA) is 55.4 Å². The van der Waals surface area contributed by atoms with Gasteiger partial charge in [0.05, 0.1) is 24.1 Å². The molecule has 0 saturated heterocycles. The van der Waals surface area contributed by atoms with Crippen LogP contribution in [0.5, 0.6) is 0 Å². The Morgan fingerprint density at radius 1 is 1.08 bits per heavy atom. The highest BCUT2D eigenvalue weighted by Gasteiger charge is 2.15. The molecular weight excluding hydrogens is 322 g/mol. The number of anilines is 1. The molecule has 0 heterocycles. The second-order valence-corrected chi connectivity index (χ2v) is 6.50. The fraction of sp³-hybridized carbons (Fsp3) is 0.263. The van der Waals surface area contributed by atoms with Crippen LogP contribution in [0.4, 0.5) is 5.69 Å². The molecule has 1 N–H and O–H groups in total. The monoisotopic (exact) mass is 343 g/mol. The van der Waals surface area contributed by atoms with Gasteiger partial charge in [-0.2, -0.15) is 0 Å². The van der Waals surface area contributed by atoms with Gasteiger partial charge in [0.15, 0.2) is 0 Å². The second kappa shape index (κ2) is 8.55. The number of carbonyl (C=O) groups is 2. The average molecular weight is 343 g/mol. The average Bonchev–Trinajstić information content (AvgIpc) is 2.58. The van der Waals surface area contributed by atoms with Gasteiger partial charge in [0.2, 0.25) is 5.91 Å². The summed E-state index contributed by atoms with van der Waals surface area (Å²) in [5.41, 5.74) is 4.12. The molecule has 0 saturated carbocycles. The summed E-state index contributed by atoms with van der Waals surface area (Å²) in [6, 6.07) is 13.5. The number of hydrogen-bond acceptors (Lipinski definition) is 4. The molecule has 0 radical (unpaired) electrons. The molecule has 0 aliphatic carbocycles. The van der Waals surface area contributed by atoms with Gasteiger partial charge in [0, 0.05) is 5.75 Å². The number of carbonyl (C=O) groups excluding carboxylic acids is 2. The second-order valence-electron chi connectivity index (χ2n) is 5.52. The van der Waals surface area contributed by atoms with Crippen LogP contribution in [0.2, 0.25) is 0 Å². The highest BCUT2D eigenvalue weighted by molar-refractivity contribution is 7.99. The number of rotatable bonds is 6. The lowest BCUT2D eigenvalue weighted by atomic mass is 10.1. The van der Waals surface area contributed by atoms with Gasteiger partial charge in [-0.05, 0) is 31.0 Å². The number of hydrogen-bond donors (Lipinski definition) is 1. The Labute approximate surface area is 146 Å². The number of ether oxygens (including phenoxy) is 1. The summed E-state index contributed by atoms with van der Waals surface area (Å²) in [6.45, 7) is 3.90. The first-order chi connectivity index (χ1) is 11.5. The maximum atomic E-state index is 12.2. The molecule has 2 aromatic carbocycles. The Morgan fingerprint density at radius 2 is 1.79 bits per heavy atom. The minimum atomic E-state index is -0.457. The summed E-state index contributed by atoms with van der Waals surface area (Å²) >= 11 is 1.54. The predicted octanol–water partition coefficient (Wildman–Crippen LogP) is 3.96. The van der Waals surface area contributed by atoms with Gasteiger partial charge in [-0.25, -0.2) is 4.79 Å². The van der Waals surface area contributed by atoms with Crippen molar-refractivity contribution in [3.05, 3.63) is 64.7 Å². The predicted molar refractivity (Wildman–Crippen MR) is 98.5 cm³/mol. The zero-order chi connectivity index (χ0) is 17.5. The summed E-state index contributed by atoms with van der Waals surface area (Å²) < 4.78 is 4.77. The fourth-order valence-electron chi connectivity index (χ4n) is 2.24. The molecule has 0 unspecified atom stereocenters. The third kappa shape index (κ3) is 4.86. The minimum absolute atomic E-state index is 0.133. The van der Waals surface area contributed by atoms with Crippen LogP contribution in [-0.4, -0.2) is 24.7 Å². The van der Waals surface area contributed by atoms with E-state index >= 15 is 0 Å². The number of nitrogens with one attached hydrogen (secondary N) is 1. The van der Waals surface area contributed by atoms with Crippen molar-refractivity contribution in [2.45, 2.75) is 19.6 Å². The number of esters is 1. The smallest absolute Gasteiger partial charge is 0.339 e. The zero-order valence-corrected chi connectivity index (χ0v) is 14.9. The molecule has 0 fully saturated rings. The van der Waals surface area contributed by atoms with Crippen LogP contribution in [-0.2, 0) is 15.3 Å². The maximum Gasteiger partial charge on any atom is 0.339 e. The van der Waals surface area contributed by atoms with Gasteiger partial charge in [0.25, 0.3) is 0 Å². The van der Waals surface area contributed by atoms with Crippen molar-refractivity contribution in [3.8, 4) is 0 Å². The Morgan fingerprint density at radius 3 is 2.46 bits per heavy atom. The Bertz CT molecular complexity index is 726. The molecule has 4 nitrogen and oxygen atoms in total. The van der Waals surface area contributed by atoms with Crippen LogP contribution in [0.3, 0.4) is 0 Å². The number of aryl methyl sites for hydroxylation is 2. The zero-order valence-electron chi connectivity index (χ0n) is 14.1. The number of thioether (sulfide) groups is 1. The molecule has 0 spiro atoms. The SMILES string of the molecule is COC(=O)c1cccc(C)c1NC(=O)CSCc1ccc(C)cc1. The minimum Gasteiger partial charge on any atom is -0.465 e. The number of amides is 1. The third-order valence-corrected chi connectivity index (χ3v) is 4.57. The van der Waals surface area contributed by atoms with E-state index in [0.29, 0.717) is 17.0 Å². The van der Waals surface area contributed by atoms with E-state index < -0.39 is 5.97 Å². The van der Waals surface area contributed by atoms with Crippen molar-refractivity contribution in [2.75, 3.05) is 18.2 Å². The van der Waals surface area contributed by atoms with E-state index in [1.165, 1.54) is 30.0 Å². The molecule has 1 amide bonds. The Kier molecular flexibility index (Phi) is 6.44. The summed E-state index contributed by atoms with van der Waals surface area (Å²) in [5.74, 6) is 0.501. The summed E-state index contributed by atoms with van der Waals surface area (Å²) in [4.78, 5) is 24.0. The Hall–Kier alpha value is -2.27. The van der Waals surface area contributed by atoms with Gasteiger partial charge < -0.3 is 10.1 Å². The standard InChI is InChI=1S/C19H21NO3S/c1-13-7-9-15(10-8-13)11-24-12-17(21)20-18-14(2)5-4-6-16(18)19(22)23-3/h4-10H,11-12H2,1-3H3,(H,20,21). The fourth-order valence-corrected chi connectivity index (χ4v) is 3.02. The lowest BCUT2D eigenvalue weighted by Gasteiger charge is -2.12. The molecule has 2 rings (SSSR count). The summed E-state index contributed by atoms with van der Waals surface area (Å²) in [6.07, 6.45) is 0. The van der Waals surface area contributed by atoms with Gasteiger partial charge in [-0.3, -0.25) is 4.79 Å². The van der Waals surface area contributed by atoms with Crippen LogP contribution in [0.25, 0.3) is 0 Å². The van der Waals surface area contributed by atoms with E-state index in [1.807, 2.05) is 19.9 Å². The van der Waals surface area contributed by atoms with Gasteiger partial charge in [0.1, 0.15) is 0 Å². The lowest BCUT2D eigenvalue weighted by Crippen LogP contribution is -2.18. The number of methoxy groups -OCH3 is 1. The molecule has 24 heavy (non-hydrogen) atoms. The lowest BCUT2D eigenvalue weighted by molar-refractivity contribution is -0.113. The van der Waals surface area contributed by atoms with E-state index in [-0.39, 0.29) is 5.91 Å². The molecule has 5 heteroatoms. The molecular formula is C19H21NO3S. The van der Waals surface area contributed by atoms with E-state index in [2.05, 4.69) is 29.6 Å². The molecule has 0 aliphatic rings. The molecule has 0 bridgehead atoms. The van der Waals surface area contributed by atoms with Crippen molar-refractivity contribution < 1.29 is 14.3 Å². The normalized spacial score (nSPS) is 10.3. The summed E-state index contributed by atoms with van der Waals surface area (Å²) in [7, 11) is 1.33. The van der Waals surface area contributed by atoms with E-state index in [1.54, 1.807) is 12.1 Å². The highest BCUT2D eigenvalue weighted by Crippen LogP contribution is 2.22. The van der Waals surface area contributed by atoms with Crippen LogP contribution in [0.15, 0.2) is 42.5 Å². The van der Waals surface area contributed by atoms with Gasteiger partial charge >= 0.3 is 5.97 Å². The van der Waals surface area contributed by atoms with Crippen LogP contribution >= 0.6 is 11.8 Å². The van der Waals surface area contributed by atoms with Gasteiger partial charge in [-0.15, -0.1) is 11.8 Å². The van der Waals surface area contributed by atoms with Crippen molar-refractivity contribution in [1.29, 1.82) is 0 Å². The van der Waals surface area contributed by atoms with Crippen molar-refractivity contribution in [1.82, 2.24) is 0 Å². The largest absolute Gasteiger partial charge is 0.465 e. The number of para-hydroxylation sites is 1. The summed E-state index contributed by atoms with van der Waals surface area (Å²) in [5, 5.41) is 2.83. The molecule has 0 atom stereocenters. The quantitative estimate of drug-likeness (QED) is 0.807.